The third-order valence-corrected chi connectivity index (χ3v) is 3.68. The van der Waals surface area contributed by atoms with Gasteiger partial charge in [-0.05, 0) is 18.9 Å². The van der Waals surface area contributed by atoms with Crippen molar-refractivity contribution in [3.63, 3.8) is 0 Å². The Labute approximate surface area is 102 Å². The molecule has 0 amide bonds. The predicted molar refractivity (Wildman–Crippen MR) is 64.8 cm³/mol. The molecule has 1 saturated heterocycles. The molecule has 1 aliphatic heterocycles. The number of ether oxygens (including phenoxy) is 1. The van der Waals surface area contributed by atoms with Gasteiger partial charge in [-0.25, -0.2) is 9.97 Å². The lowest BCUT2D eigenvalue weighted by Gasteiger charge is -2.23. The summed E-state index contributed by atoms with van der Waals surface area (Å²) in [6.45, 7) is 2.51. The van der Waals surface area contributed by atoms with Crippen molar-refractivity contribution < 1.29 is 4.74 Å². The lowest BCUT2D eigenvalue weighted by molar-refractivity contribution is 0.0219. The Morgan fingerprint density at radius 2 is 2.18 bits per heavy atom. The van der Waals surface area contributed by atoms with Gasteiger partial charge in [0.25, 0.3) is 0 Å². The van der Waals surface area contributed by atoms with Gasteiger partial charge in [0.2, 0.25) is 0 Å². The lowest BCUT2D eigenvalue weighted by atomic mass is 10.0. The van der Waals surface area contributed by atoms with Crippen LogP contribution in [0, 0.1) is 0 Å². The number of hydrogen-bond donors (Lipinski definition) is 1. The molecule has 1 atom stereocenters. The first-order valence-electron chi connectivity index (χ1n) is 6.58. The fourth-order valence-electron chi connectivity index (χ4n) is 2.72. The smallest absolute Gasteiger partial charge is 0.158 e. The maximum absolute atomic E-state index is 5.69. The van der Waals surface area contributed by atoms with E-state index < -0.39 is 0 Å². The van der Waals surface area contributed by atoms with Crippen molar-refractivity contribution in [2.75, 3.05) is 19.7 Å². The minimum Gasteiger partial charge on any atom is -0.368 e. The van der Waals surface area contributed by atoms with Crippen molar-refractivity contribution in [1.82, 2.24) is 15.3 Å². The number of morpholine rings is 1. The van der Waals surface area contributed by atoms with Gasteiger partial charge in [-0.3, -0.25) is 0 Å². The standard InChI is InChI=1S/C13H19N3O/c1-2-4-10(3-1)11-5-6-15-13(16-11)12-9-14-7-8-17-12/h5-6,10,12,14H,1-4,7-9H2. The molecule has 2 fully saturated rings. The topological polar surface area (TPSA) is 47.0 Å². The number of rotatable bonds is 2. The summed E-state index contributed by atoms with van der Waals surface area (Å²) >= 11 is 0. The van der Waals surface area contributed by atoms with E-state index in [0.717, 1.165) is 25.5 Å². The molecule has 0 spiro atoms. The molecule has 0 aromatic carbocycles. The molecular weight excluding hydrogens is 214 g/mol. The molecule has 1 saturated carbocycles. The molecule has 0 bridgehead atoms. The molecule has 0 radical (unpaired) electrons. The zero-order chi connectivity index (χ0) is 11.5. The van der Waals surface area contributed by atoms with Gasteiger partial charge >= 0.3 is 0 Å². The normalized spacial score (nSPS) is 26.2. The van der Waals surface area contributed by atoms with Crippen molar-refractivity contribution in [2.24, 2.45) is 0 Å². The Morgan fingerprint density at radius 3 is 2.94 bits per heavy atom. The molecule has 4 nitrogen and oxygen atoms in total. The Hall–Kier alpha value is -1.00. The average molecular weight is 233 g/mol. The van der Waals surface area contributed by atoms with Crippen molar-refractivity contribution >= 4 is 0 Å². The maximum Gasteiger partial charge on any atom is 0.158 e. The maximum atomic E-state index is 5.69. The summed E-state index contributed by atoms with van der Waals surface area (Å²) in [6.07, 6.45) is 7.15. The minimum absolute atomic E-state index is 0.0325. The number of nitrogens with one attached hydrogen (secondary N) is 1. The molecule has 2 heterocycles. The zero-order valence-corrected chi connectivity index (χ0v) is 10.1. The second kappa shape index (κ2) is 5.10. The fraction of sp³-hybridized carbons (Fsp3) is 0.692. The van der Waals surface area contributed by atoms with Gasteiger partial charge < -0.3 is 10.1 Å². The molecule has 1 aliphatic carbocycles. The van der Waals surface area contributed by atoms with Gasteiger partial charge in [-0.2, -0.15) is 0 Å². The van der Waals surface area contributed by atoms with E-state index in [0.29, 0.717) is 5.92 Å². The molecule has 4 heteroatoms. The number of aromatic nitrogens is 2. The minimum atomic E-state index is 0.0325. The van der Waals surface area contributed by atoms with Gasteiger partial charge in [-0.15, -0.1) is 0 Å². The first-order chi connectivity index (χ1) is 8.43. The second-order valence-electron chi connectivity index (χ2n) is 4.88. The Bertz CT molecular complexity index is 371. The van der Waals surface area contributed by atoms with E-state index in [4.69, 9.17) is 9.72 Å². The Balaban J connectivity index is 1.77. The monoisotopic (exact) mass is 233 g/mol. The zero-order valence-electron chi connectivity index (χ0n) is 10.1. The van der Waals surface area contributed by atoms with Crippen LogP contribution in [0.4, 0.5) is 0 Å². The third kappa shape index (κ3) is 2.48. The van der Waals surface area contributed by atoms with Gasteiger partial charge in [0.15, 0.2) is 5.82 Å². The quantitative estimate of drug-likeness (QED) is 0.846. The molecule has 17 heavy (non-hydrogen) atoms. The first kappa shape index (κ1) is 11.1. The van der Waals surface area contributed by atoms with Gasteiger partial charge in [0, 0.05) is 30.9 Å². The van der Waals surface area contributed by atoms with Crippen molar-refractivity contribution in [2.45, 2.75) is 37.7 Å². The molecule has 1 aromatic heterocycles. The average Bonchev–Trinajstić information content (AvgIpc) is 2.94. The summed E-state index contributed by atoms with van der Waals surface area (Å²) < 4.78 is 5.69. The summed E-state index contributed by atoms with van der Waals surface area (Å²) in [5.41, 5.74) is 1.21. The Morgan fingerprint density at radius 1 is 1.29 bits per heavy atom. The number of hydrogen-bond acceptors (Lipinski definition) is 4. The van der Waals surface area contributed by atoms with E-state index >= 15 is 0 Å². The van der Waals surface area contributed by atoms with E-state index in [1.165, 1.54) is 31.4 Å². The molecule has 1 N–H and O–H groups in total. The number of nitrogens with zero attached hydrogens (tertiary/aromatic N) is 2. The highest BCUT2D eigenvalue weighted by atomic mass is 16.5. The van der Waals surface area contributed by atoms with Crippen LogP contribution in [0.1, 0.15) is 49.2 Å². The van der Waals surface area contributed by atoms with Gasteiger partial charge in [0.1, 0.15) is 6.10 Å². The van der Waals surface area contributed by atoms with E-state index in [1.807, 2.05) is 6.20 Å². The van der Waals surface area contributed by atoms with Crippen LogP contribution >= 0.6 is 0 Å². The summed E-state index contributed by atoms with van der Waals surface area (Å²) in [6, 6.07) is 2.07. The molecule has 1 aromatic rings. The fourth-order valence-corrected chi connectivity index (χ4v) is 2.72. The van der Waals surface area contributed by atoms with Crippen molar-refractivity contribution in [3.05, 3.63) is 23.8 Å². The summed E-state index contributed by atoms with van der Waals surface area (Å²) in [4.78, 5) is 9.06. The third-order valence-electron chi connectivity index (χ3n) is 3.68. The van der Waals surface area contributed by atoms with Crippen LogP contribution in [0.3, 0.4) is 0 Å². The van der Waals surface area contributed by atoms with Gasteiger partial charge in [0.05, 0.1) is 6.61 Å². The van der Waals surface area contributed by atoms with E-state index in [1.54, 1.807) is 0 Å². The highest BCUT2D eigenvalue weighted by molar-refractivity contribution is 5.11. The van der Waals surface area contributed by atoms with Crippen LogP contribution in [-0.2, 0) is 4.74 Å². The summed E-state index contributed by atoms with van der Waals surface area (Å²) in [5, 5.41) is 3.32. The van der Waals surface area contributed by atoms with Crippen LogP contribution in [0.25, 0.3) is 0 Å². The predicted octanol–water partition coefficient (Wildman–Crippen LogP) is 1.80. The van der Waals surface area contributed by atoms with Gasteiger partial charge in [-0.1, -0.05) is 12.8 Å². The van der Waals surface area contributed by atoms with Crippen LogP contribution < -0.4 is 5.32 Å². The molecule has 1 unspecified atom stereocenters. The van der Waals surface area contributed by atoms with Crippen LogP contribution in [-0.4, -0.2) is 29.7 Å². The van der Waals surface area contributed by atoms with Crippen molar-refractivity contribution in [3.8, 4) is 0 Å². The molecule has 3 rings (SSSR count). The summed E-state index contributed by atoms with van der Waals surface area (Å²) in [5.74, 6) is 1.50. The highest BCUT2D eigenvalue weighted by Crippen LogP contribution is 2.33. The lowest BCUT2D eigenvalue weighted by Crippen LogP contribution is -2.34. The van der Waals surface area contributed by atoms with Crippen LogP contribution in [0.15, 0.2) is 12.3 Å². The summed E-state index contributed by atoms with van der Waals surface area (Å²) in [7, 11) is 0. The highest BCUT2D eigenvalue weighted by Gasteiger charge is 2.22. The van der Waals surface area contributed by atoms with Crippen molar-refractivity contribution in [1.29, 1.82) is 0 Å². The first-order valence-corrected chi connectivity index (χ1v) is 6.58. The SMILES string of the molecule is c1cc(C2CCCC2)nc(C2CNCCO2)n1. The Kier molecular flexibility index (Phi) is 3.34. The van der Waals surface area contributed by atoms with E-state index in [9.17, 15) is 0 Å². The second-order valence-corrected chi connectivity index (χ2v) is 4.88. The van der Waals surface area contributed by atoms with E-state index in [-0.39, 0.29) is 6.10 Å². The van der Waals surface area contributed by atoms with Crippen LogP contribution in [0.2, 0.25) is 0 Å². The molecule has 92 valence electrons. The van der Waals surface area contributed by atoms with Crippen LogP contribution in [0.5, 0.6) is 0 Å². The molecule has 2 aliphatic rings. The molecular formula is C13H19N3O. The van der Waals surface area contributed by atoms with E-state index in [2.05, 4.69) is 16.4 Å². The largest absolute Gasteiger partial charge is 0.368 e.